The van der Waals surface area contributed by atoms with Crippen LogP contribution in [0.4, 0.5) is 16.2 Å². The molecule has 0 atom stereocenters. The number of imidazole rings is 1. The summed E-state index contributed by atoms with van der Waals surface area (Å²) >= 11 is 0. The lowest BCUT2D eigenvalue weighted by Gasteiger charge is -2.33. The molecule has 0 spiro atoms. The zero-order valence-electron chi connectivity index (χ0n) is 20.5. The number of fused-ring (bicyclic) bond motifs is 1. The minimum Gasteiger partial charge on any atom is -0.444 e. The van der Waals surface area contributed by atoms with E-state index in [9.17, 15) is 4.79 Å². The highest BCUT2D eigenvalue weighted by Crippen LogP contribution is 2.31. The fourth-order valence-electron chi connectivity index (χ4n) is 4.39. The maximum Gasteiger partial charge on any atom is 0.410 e. The summed E-state index contributed by atoms with van der Waals surface area (Å²) < 4.78 is 9.30. The highest BCUT2D eigenvalue weighted by Gasteiger charge is 2.29. The molecule has 1 fully saturated rings. The average Bonchev–Trinajstić information content (AvgIpc) is 3.50. The van der Waals surface area contributed by atoms with Gasteiger partial charge in [0.1, 0.15) is 18.3 Å². The van der Waals surface area contributed by atoms with Crippen LogP contribution in [0.1, 0.15) is 50.9 Å². The van der Waals surface area contributed by atoms with Gasteiger partial charge in [-0.1, -0.05) is 0 Å². The number of aromatic nitrogens is 6. The average molecular weight is 475 g/mol. The van der Waals surface area contributed by atoms with E-state index in [4.69, 9.17) is 9.72 Å². The van der Waals surface area contributed by atoms with Crippen LogP contribution in [-0.4, -0.2) is 58.8 Å². The number of aryl methyl sites for hydroxylation is 1. The molecule has 4 aromatic heterocycles. The van der Waals surface area contributed by atoms with Gasteiger partial charge < -0.3 is 19.4 Å². The Bertz CT molecular complexity index is 1330. The number of pyridine rings is 2. The summed E-state index contributed by atoms with van der Waals surface area (Å²) in [6.45, 7) is 8.99. The summed E-state index contributed by atoms with van der Waals surface area (Å²) in [5.41, 5.74) is 4.19. The number of likely N-dealkylation sites (tertiary alicyclic amines) is 1. The Morgan fingerprint density at radius 1 is 1.14 bits per heavy atom. The topological polar surface area (TPSA) is 102 Å². The van der Waals surface area contributed by atoms with Crippen molar-refractivity contribution in [3.8, 4) is 5.82 Å². The van der Waals surface area contributed by atoms with Gasteiger partial charge in [0.25, 0.3) is 0 Å². The number of piperidine rings is 1. The van der Waals surface area contributed by atoms with Crippen LogP contribution in [-0.2, 0) is 4.74 Å². The van der Waals surface area contributed by atoms with Crippen LogP contribution in [0.2, 0.25) is 0 Å². The van der Waals surface area contributed by atoms with E-state index in [2.05, 4.69) is 24.8 Å². The first-order valence-electron chi connectivity index (χ1n) is 11.8. The molecule has 1 amide bonds. The van der Waals surface area contributed by atoms with Crippen molar-refractivity contribution < 1.29 is 9.53 Å². The minimum absolute atomic E-state index is 0.237. The lowest BCUT2D eigenvalue weighted by Crippen LogP contribution is -2.41. The molecule has 5 rings (SSSR count). The van der Waals surface area contributed by atoms with Gasteiger partial charge in [0.05, 0.1) is 17.1 Å². The highest BCUT2D eigenvalue weighted by atomic mass is 16.6. The number of hydrogen-bond acceptors (Lipinski definition) is 7. The molecule has 0 aliphatic carbocycles. The number of rotatable bonds is 4. The van der Waals surface area contributed by atoms with Gasteiger partial charge in [-0.2, -0.15) is 5.10 Å². The Kier molecular flexibility index (Phi) is 5.88. The number of carbonyl (C=O) groups is 1. The Balaban J connectivity index is 1.32. The fourth-order valence-corrected chi connectivity index (χ4v) is 4.39. The molecule has 1 N–H and O–H groups in total. The number of nitrogens with one attached hydrogen (secondary N) is 1. The van der Waals surface area contributed by atoms with Crippen LogP contribution < -0.4 is 5.32 Å². The quantitative estimate of drug-likeness (QED) is 0.465. The highest BCUT2D eigenvalue weighted by molar-refractivity contribution is 5.75. The molecule has 0 aromatic carbocycles. The van der Waals surface area contributed by atoms with E-state index < -0.39 is 5.60 Å². The van der Waals surface area contributed by atoms with Gasteiger partial charge in [-0.3, -0.25) is 0 Å². The normalized spacial score (nSPS) is 14.9. The molecule has 182 valence electrons. The maximum absolute atomic E-state index is 12.4. The van der Waals surface area contributed by atoms with E-state index in [1.165, 1.54) is 6.33 Å². The molecule has 10 heteroatoms. The van der Waals surface area contributed by atoms with Crippen molar-refractivity contribution in [3.05, 3.63) is 60.7 Å². The van der Waals surface area contributed by atoms with Gasteiger partial charge in [-0.15, -0.1) is 0 Å². The SMILES string of the molecule is Cc1nc(-n2cncn2)ccc1Nc1cccn2c(C3CCN(C(=O)OC(C)(C)C)CC3)cnc12. The standard InChI is InChI=1S/C25H30N8O2/c1-17-19(7-8-22(29-17)33-16-26-15-28-33)30-20-6-5-11-32-21(14-27-23(20)32)18-9-12-31(13-10-18)24(34)35-25(2,3)4/h5-8,11,14-16,18,30H,9-10,12-13H2,1-4H3. The third-order valence-electron chi connectivity index (χ3n) is 6.12. The van der Waals surface area contributed by atoms with E-state index in [0.29, 0.717) is 24.8 Å². The van der Waals surface area contributed by atoms with Gasteiger partial charge >= 0.3 is 6.09 Å². The summed E-state index contributed by atoms with van der Waals surface area (Å²) in [5.74, 6) is 1.04. The predicted octanol–water partition coefficient (Wildman–Crippen LogP) is 4.48. The van der Waals surface area contributed by atoms with Gasteiger partial charge in [-0.25, -0.2) is 24.4 Å². The molecule has 0 saturated carbocycles. The van der Waals surface area contributed by atoms with Crippen molar-refractivity contribution in [3.63, 3.8) is 0 Å². The van der Waals surface area contributed by atoms with E-state index >= 15 is 0 Å². The van der Waals surface area contributed by atoms with Crippen LogP contribution in [0.5, 0.6) is 0 Å². The lowest BCUT2D eigenvalue weighted by molar-refractivity contribution is 0.0204. The first-order valence-corrected chi connectivity index (χ1v) is 11.8. The van der Waals surface area contributed by atoms with Crippen molar-refractivity contribution in [2.24, 2.45) is 0 Å². The second-order valence-corrected chi connectivity index (χ2v) is 9.81. The number of carbonyl (C=O) groups excluding carboxylic acids is 1. The Labute approximate surface area is 204 Å². The van der Waals surface area contributed by atoms with Crippen LogP contribution in [0, 0.1) is 6.92 Å². The Morgan fingerprint density at radius 3 is 2.63 bits per heavy atom. The van der Waals surface area contributed by atoms with Crippen LogP contribution in [0.3, 0.4) is 0 Å². The number of ether oxygens (including phenoxy) is 1. The van der Waals surface area contributed by atoms with E-state index in [1.807, 2.05) is 64.4 Å². The summed E-state index contributed by atoms with van der Waals surface area (Å²) in [4.78, 5) is 27.6. The third-order valence-corrected chi connectivity index (χ3v) is 6.12. The molecule has 1 aliphatic heterocycles. The number of anilines is 2. The van der Waals surface area contributed by atoms with Crippen molar-refractivity contribution in [2.45, 2.75) is 52.1 Å². The number of hydrogen-bond donors (Lipinski definition) is 1. The molecule has 0 unspecified atom stereocenters. The second-order valence-electron chi connectivity index (χ2n) is 9.81. The summed E-state index contributed by atoms with van der Waals surface area (Å²) in [5, 5.41) is 7.63. The molecular formula is C25H30N8O2. The van der Waals surface area contributed by atoms with Crippen molar-refractivity contribution in [1.82, 2.24) is 34.0 Å². The monoisotopic (exact) mass is 474 g/mol. The fraction of sp³-hybridized carbons (Fsp3) is 0.400. The zero-order chi connectivity index (χ0) is 24.6. The largest absolute Gasteiger partial charge is 0.444 e. The number of nitrogens with zero attached hydrogens (tertiary/aromatic N) is 7. The first-order chi connectivity index (χ1) is 16.8. The summed E-state index contributed by atoms with van der Waals surface area (Å²) in [7, 11) is 0. The third kappa shape index (κ3) is 4.82. The Morgan fingerprint density at radius 2 is 1.94 bits per heavy atom. The molecule has 0 bridgehead atoms. The van der Waals surface area contributed by atoms with Crippen LogP contribution >= 0.6 is 0 Å². The molecule has 1 saturated heterocycles. The molecular weight excluding hydrogens is 444 g/mol. The summed E-state index contributed by atoms with van der Waals surface area (Å²) in [6, 6.07) is 7.92. The number of amides is 1. The second kappa shape index (κ2) is 9.01. The van der Waals surface area contributed by atoms with E-state index in [1.54, 1.807) is 15.9 Å². The minimum atomic E-state index is -0.483. The van der Waals surface area contributed by atoms with Gasteiger partial charge in [0.15, 0.2) is 11.5 Å². The molecule has 1 aliphatic rings. The van der Waals surface area contributed by atoms with Crippen LogP contribution in [0.15, 0.2) is 49.3 Å². The predicted molar refractivity (Wildman–Crippen MR) is 132 cm³/mol. The first kappa shape index (κ1) is 22.8. The van der Waals surface area contributed by atoms with Gasteiger partial charge in [0.2, 0.25) is 0 Å². The Hall–Kier alpha value is -3.95. The van der Waals surface area contributed by atoms with Crippen molar-refractivity contribution in [2.75, 3.05) is 18.4 Å². The molecule has 0 radical (unpaired) electrons. The zero-order valence-corrected chi connectivity index (χ0v) is 20.5. The van der Waals surface area contributed by atoms with Crippen molar-refractivity contribution in [1.29, 1.82) is 0 Å². The lowest BCUT2D eigenvalue weighted by atomic mass is 9.94. The summed E-state index contributed by atoms with van der Waals surface area (Å²) in [6.07, 6.45) is 8.62. The van der Waals surface area contributed by atoms with Gasteiger partial charge in [-0.05, 0) is 64.8 Å². The molecule has 4 aromatic rings. The van der Waals surface area contributed by atoms with Gasteiger partial charge in [0, 0.05) is 37.1 Å². The van der Waals surface area contributed by atoms with E-state index in [0.717, 1.165) is 41.3 Å². The van der Waals surface area contributed by atoms with Crippen LogP contribution in [0.25, 0.3) is 11.5 Å². The smallest absolute Gasteiger partial charge is 0.410 e. The maximum atomic E-state index is 12.4. The molecule has 10 nitrogen and oxygen atoms in total. The molecule has 35 heavy (non-hydrogen) atoms. The van der Waals surface area contributed by atoms with Crippen molar-refractivity contribution >= 4 is 23.1 Å². The van der Waals surface area contributed by atoms with E-state index in [-0.39, 0.29) is 6.09 Å². The molecule has 5 heterocycles.